The van der Waals surface area contributed by atoms with Gasteiger partial charge in [-0.1, -0.05) is 10.7 Å². The fourth-order valence-corrected chi connectivity index (χ4v) is 5.01. The van der Waals surface area contributed by atoms with Gasteiger partial charge in [0.1, 0.15) is 28.3 Å². The maximum Gasteiger partial charge on any atom is 0.287 e. The van der Waals surface area contributed by atoms with Crippen LogP contribution in [0.1, 0.15) is 52.4 Å². The molecule has 10 heteroatoms. The molecule has 0 radical (unpaired) electrons. The first-order valence-electron chi connectivity index (χ1n) is 12.0. The van der Waals surface area contributed by atoms with Gasteiger partial charge in [-0.2, -0.15) is 4.68 Å². The average Bonchev–Trinajstić information content (AvgIpc) is 3.35. The zero-order chi connectivity index (χ0) is 26.1. The molecule has 4 aromatic rings. The minimum atomic E-state index is -1.05. The molecule has 10 nitrogen and oxygen atoms in total. The van der Waals surface area contributed by atoms with Gasteiger partial charge in [0.05, 0.1) is 30.2 Å². The maximum atomic E-state index is 14.0. The summed E-state index contributed by atoms with van der Waals surface area (Å²) in [6, 6.07) is 5.37. The second-order valence-corrected chi connectivity index (χ2v) is 10.0. The first-order valence-corrected chi connectivity index (χ1v) is 12.0. The monoisotopic (exact) mass is 490 g/mol. The number of aromatic hydroxyl groups is 1. The lowest BCUT2D eigenvalue weighted by atomic mass is 10.1. The Balaban J connectivity index is 1.66. The minimum absolute atomic E-state index is 0.137. The summed E-state index contributed by atoms with van der Waals surface area (Å²) in [5, 5.41) is 20.9. The number of anilines is 1. The third-order valence-electron chi connectivity index (χ3n) is 7.06. The van der Waals surface area contributed by atoms with Gasteiger partial charge in [-0.15, -0.1) is 0 Å². The largest absolute Gasteiger partial charge is 0.508 e. The Bertz CT molecular complexity index is 1540. The number of carbonyl (C=O) groups excluding carboxylic acids is 1. The van der Waals surface area contributed by atoms with Crippen LogP contribution in [0.3, 0.4) is 0 Å². The minimum Gasteiger partial charge on any atom is -0.508 e. The van der Waals surface area contributed by atoms with Crippen LogP contribution in [0.2, 0.25) is 0 Å². The molecule has 1 aromatic carbocycles. The second kappa shape index (κ2) is 8.06. The zero-order valence-electron chi connectivity index (χ0n) is 21.5. The molecule has 4 N–H and O–H groups in total. The lowest BCUT2D eigenvalue weighted by Gasteiger charge is -2.28. The Hall–Kier alpha value is -3.92. The highest BCUT2D eigenvalue weighted by molar-refractivity contribution is 6.10. The van der Waals surface area contributed by atoms with E-state index in [0.717, 1.165) is 22.6 Å². The molecule has 36 heavy (non-hydrogen) atoms. The van der Waals surface area contributed by atoms with Crippen molar-refractivity contribution in [3.63, 3.8) is 0 Å². The van der Waals surface area contributed by atoms with E-state index in [1.807, 2.05) is 50.7 Å². The van der Waals surface area contributed by atoms with E-state index in [1.54, 1.807) is 34.1 Å². The van der Waals surface area contributed by atoms with E-state index < -0.39 is 5.72 Å². The molecule has 0 saturated heterocycles. The van der Waals surface area contributed by atoms with Crippen LogP contribution in [-0.4, -0.2) is 46.8 Å². The molecular formula is C26H32N7O3+. The van der Waals surface area contributed by atoms with E-state index >= 15 is 0 Å². The number of hydrogen-bond donors (Lipinski definition) is 3. The maximum absolute atomic E-state index is 14.0. The number of nitrogen functional groups attached to an aromatic ring is 1. The van der Waals surface area contributed by atoms with Crippen LogP contribution < -0.4 is 10.4 Å². The first kappa shape index (κ1) is 23.8. The summed E-state index contributed by atoms with van der Waals surface area (Å²) in [6.07, 6.45) is 1.83. The summed E-state index contributed by atoms with van der Waals surface area (Å²) in [6.45, 7) is 12.3. The number of phenolic OH excluding ortho intramolecular Hbond substituents is 1. The molecule has 4 heterocycles. The number of aliphatic hydroxyl groups is 1. The van der Waals surface area contributed by atoms with Crippen LogP contribution in [0.15, 0.2) is 24.4 Å². The van der Waals surface area contributed by atoms with Gasteiger partial charge in [-0.25, -0.2) is 9.97 Å². The lowest BCUT2D eigenvalue weighted by molar-refractivity contribution is -0.863. The smallest absolute Gasteiger partial charge is 0.287 e. The van der Waals surface area contributed by atoms with E-state index in [0.29, 0.717) is 47.6 Å². The molecule has 3 aromatic heterocycles. The molecule has 188 valence electrons. The third-order valence-corrected chi connectivity index (χ3v) is 7.06. The summed E-state index contributed by atoms with van der Waals surface area (Å²) >= 11 is 0. The number of carbonyl (C=O) groups is 1. The van der Waals surface area contributed by atoms with E-state index in [4.69, 9.17) is 15.7 Å². The van der Waals surface area contributed by atoms with Crippen molar-refractivity contribution in [2.24, 2.45) is 0 Å². The summed E-state index contributed by atoms with van der Waals surface area (Å²) in [7, 11) is 0. The Labute approximate surface area is 209 Å². The van der Waals surface area contributed by atoms with Gasteiger partial charge in [0.25, 0.3) is 11.6 Å². The zero-order valence-corrected chi connectivity index (χ0v) is 21.5. The van der Waals surface area contributed by atoms with Gasteiger partial charge in [0.15, 0.2) is 11.8 Å². The standard InChI is InChI=1S/C26H31N7O3/c1-14-7-8-19(34)15(2)22(14)33-23(27)20(21-24(33)29-17(4)16(3)28-21)25(35)30-11-12-31-18(13-30)9-10-32(31)26(5,6)36/h7-10,36H,11-13H2,1-6H3,(H2-,27,28,34,35)/p+1. The molecule has 5 rings (SSSR count). The van der Waals surface area contributed by atoms with Crippen LogP contribution in [0.4, 0.5) is 5.82 Å². The summed E-state index contributed by atoms with van der Waals surface area (Å²) < 4.78 is 5.50. The molecule has 1 amide bonds. The first-order chi connectivity index (χ1) is 16.9. The molecule has 0 aliphatic carbocycles. The molecule has 0 saturated carbocycles. The van der Waals surface area contributed by atoms with Gasteiger partial charge in [-0.3, -0.25) is 9.36 Å². The number of phenols is 1. The number of fused-ring (bicyclic) bond motifs is 2. The summed E-state index contributed by atoms with van der Waals surface area (Å²) in [4.78, 5) is 25.2. The fraction of sp³-hybridized carbons (Fsp3) is 0.385. The van der Waals surface area contributed by atoms with Crippen molar-refractivity contribution in [1.82, 2.24) is 24.1 Å². The van der Waals surface area contributed by atoms with E-state index in [9.17, 15) is 15.0 Å². The highest BCUT2D eigenvalue weighted by atomic mass is 16.3. The highest BCUT2D eigenvalue weighted by Gasteiger charge is 2.36. The van der Waals surface area contributed by atoms with Crippen molar-refractivity contribution in [3.05, 3.63) is 58.2 Å². The predicted molar refractivity (Wildman–Crippen MR) is 135 cm³/mol. The van der Waals surface area contributed by atoms with Crippen molar-refractivity contribution >= 4 is 22.9 Å². The molecular weight excluding hydrogens is 458 g/mol. The van der Waals surface area contributed by atoms with Gasteiger partial charge >= 0.3 is 0 Å². The molecule has 0 bridgehead atoms. The predicted octanol–water partition coefficient (Wildman–Crippen LogP) is 2.37. The number of aromatic nitrogens is 5. The van der Waals surface area contributed by atoms with Crippen LogP contribution in [0.5, 0.6) is 5.75 Å². The van der Waals surface area contributed by atoms with Crippen molar-refractivity contribution < 1.29 is 19.7 Å². The van der Waals surface area contributed by atoms with Gasteiger partial charge < -0.3 is 20.8 Å². The number of aryl methyl sites for hydroxylation is 3. The second-order valence-electron chi connectivity index (χ2n) is 10.0. The lowest BCUT2D eigenvalue weighted by Crippen LogP contribution is -2.60. The quantitative estimate of drug-likeness (QED) is 0.379. The Kier molecular flexibility index (Phi) is 5.33. The number of nitrogens with zero attached hydrogens (tertiary/aromatic N) is 6. The Morgan fingerprint density at radius 3 is 2.47 bits per heavy atom. The SMILES string of the molecule is Cc1ccc(O)c(C)c1-n1c(N)c(C(=O)N2CCn3c(cc[n+]3C(C)(C)O)C2)c2nc(C)c(C)nc21. The molecule has 0 atom stereocenters. The highest BCUT2D eigenvalue weighted by Crippen LogP contribution is 2.36. The van der Waals surface area contributed by atoms with Gasteiger partial charge in [0.2, 0.25) is 0 Å². The van der Waals surface area contributed by atoms with Crippen LogP contribution >= 0.6 is 0 Å². The van der Waals surface area contributed by atoms with Crippen molar-refractivity contribution in [3.8, 4) is 11.4 Å². The van der Waals surface area contributed by atoms with Crippen LogP contribution in [0, 0.1) is 27.7 Å². The molecule has 1 aliphatic heterocycles. The third kappa shape index (κ3) is 3.51. The molecule has 1 aliphatic rings. The molecule has 0 unspecified atom stereocenters. The van der Waals surface area contributed by atoms with Crippen LogP contribution in [0.25, 0.3) is 16.9 Å². The van der Waals surface area contributed by atoms with Crippen molar-refractivity contribution in [2.45, 2.75) is 60.4 Å². The molecule has 0 spiro atoms. The topological polar surface area (TPSA) is 126 Å². The normalized spacial score (nSPS) is 13.9. The van der Waals surface area contributed by atoms with Crippen molar-refractivity contribution in [2.75, 3.05) is 12.3 Å². The number of benzene rings is 1. The van der Waals surface area contributed by atoms with Gasteiger partial charge in [-0.05, 0) is 39.3 Å². The average molecular weight is 491 g/mol. The van der Waals surface area contributed by atoms with Crippen molar-refractivity contribution in [1.29, 1.82) is 0 Å². The number of hydrogen-bond acceptors (Lipinski definition) is 6. The van der Waals surface area contributed by atoms with E-state index in [-0.39, 0.29) is 17.5 Å². The molecule has 0 fully saturated rings. The van der Waals surface area contributed by atoms with E-state index in [2.05, 4.69) is 0 Å². The number of rotatable bonds is 3. The van der Waals surface area contributed by atoms with Gasteiger partial charge in [0, 0.05) is 32.0 Å². The Morgan fingerprint density at radius 2 is 1.78 bits per heavy atom. The summed E-state index contributed by atoms with van der Waals surface area (Å²) in [5.41, 5.74) is 11.5. The number of nitrogens with two attached hydrogens (primary N) is 1. The van der Waals surface area contributed by atoms with E-state index in [1.165, 1.54) is 0 Å². The number of amides is 1. The Morgan fingerprint density at radius 1 is 1.08 bits per heavy atom. The summed E-state index contributed by atoms with van der Waals surface area (Å²) in [5.74, 6) is 0.147. The fourth-order valence-electron chi connectivity index (χ4n) is 5.01. The van der Waals surface area contributed by atoms with Crippen LogP contribution in [-0.2, 0) is 18.8 Å².